The van der Waals surface area contributed by atoms with E-state index in [1.807, 2.05) is 25.2 Å². The summed E-state index contributed by atoms with van der Waals surface area (Å²) < 4.78 is 10.4. The van der Waals surface area contributed by atoms with Crippen LogP contribution in [0, 0.1) is 0 Å². The molecule has 0 aromatic heterocycles. The maximum atomic E-state index is 12.2. The lowest BCUT2D eigenvalue weighted by Gasteiger charge is -2.17. The molecule has 0 bridgehead atoms. The standard InChI is InChI=1S/C16H26N2O3/c1-18(10-6-4-5-9-17)16(19)12-13-7-8-14(20-2)15(11-13)21-3/h7-8,11H,4-6,9-10,12,17H2,1-3H3. The number of unbranched alkanes of at least 4 members (excludes halogenated alkanes) is 2. The van der Waals surface area contributed by atoms with Gasteiger partial charge in [0, 0.05) is 13.6 Å². The van der Waals surface area contributed by atoms with Gasteiger partial charge in [-0.2, -0.15) is 0 Å². The average molecular weight is 294 g/mol. The molecule has 0 aliphatic carbocycles. The van der Waals surface area contributed by atoms with E-state index in [0.717, 1.165) is 31.4 Å². The van der Waals surface area contributed by atoms with Gasteiger partial charge in [0.05, 0.1) is 20.6 Å². The summed E-state index contributed by atoms with van der Waals surface area (Å²) in [4.78, 5) is 13.9. The highest BCUT2D eigenvalue weighted by Crippen LogP contribution is 2.27. The molecule has 1 aromatic rings. The number of amides is 1. The van der Waals surface area contributed by atoms with E-state index in [2.05, 4.69) is 0 Å². The Labute approximate surface area is 127 Å². The molecule has 0 saturated heterocycles. The molecule has 0 aliphatic rings. The molecule has 21 heavy (non-hydrogen) atoms. The van der Waals surface area contributed by atoms with E-state index in [1.54, 1.807) is 19.1 Å². The van der Waals surface area contributed by atoms with Crippen molar-refractivity contribution in [1.29, 1.82) is 0 Å². The van der Waals surface area contributed by atoms with Crippen LogP contribution in [0.15, 0.2) is 18.2 Å². The maximum Gasteiger partial charge on any atom is 0.226 e. The molecule has 0 atom stereocenters. The molecule has 0 spiro atoms. The fourth-order valence-electron chi connectivity index (χ4n) is 2.09. The Balaban J connectivity index is 2.53. The van der Waals surface area contributed by atoms with Crippen molar-refractivity contribution < 1.29 is 14.3 Å². The molecule has 0 radical (unpaired) electrons. The van der Waals surface area contributed by atoms with Crippen LogP contribution >= 0.6 is 0 Å². The van der Waals surface area contributed by atoms with Crippen LogP contribution in [0.3, 0.4) is 0 Å². The molecule has 118 valence electrons. The fourth-order valence-corrected chi connectivity index (χ4v) is 2.09. The number of nitrogens with zero attached hydrogens (tertiary/aromatic N) is 1. The Morgan fingerprint density at radius 2 is 1.86 bits per heavy atom. The Morgan fingerprint density at radius 3 is 2.48 bits per heavy atom. The molecule has 1 amide bonds. The van der Waals surface area contributed by atoms with Gasteiger partial charge in [0.1, 0.15) is 0 Å². The number of nitrogens with two attached hydrogens (primary N) is 1. The van der Waals surface area contributed by atoms with Gasteiger partial charge < -0.3 is 20.1 Å². The number of hydrogen-bond donors (Lipinski definition) is 1. The number of methoxy groups -OCH3 is 2. The second-order valence-electron chi connectivity index (χ2n) is 5.03. The van der Waals surface area contributed by atoms with Crippen LogP contribution in [-0.4, -0.2) is 45.2 Å². The minimum atomic E-state index is 0.106. The zero-order valence-electron chi connectivity index (χ0n) is 13.2. The molecule has 1 aromatic carbocycles. The minimum absolute atomic E-state index is 0.106. The van der Waals surface area contributed by atoms with E-state index in [-0.39, 0.29) is 5.91 Å². The van der Waals surface area contributed by atoms with E-state index in [4.69, 9.17) is 15.2 Å². The zero-order chi connectivity index (χ0) is 15.7. The van der Waals surface area contributed by atoms with E-state index in [9.17, 15) is 4.79 Å². The Kier molecular flexibility index (Phi) is 7.61. The molecule has 0 fully saturated rings. The molecule has 0 heterocycles. The largest absolute Gasteiger partial charge is 0.493 e. The summed E-state index contributed by atoms with van der Waals surface area (Å²) >= 11 is 0. The number of carbonyl (C=O) groups excluding carboxylic acids is 1. The molecular formula is C16H26N2O3. The lowest BCUT2D eigenvalue weighted by molar-refractivity contribution is -0.129. The lowest BCUT2D eigenvalue weighted by Crippen LogP contribution is -2.29. The number of ether oxygens (including phenoxy) is 2. The summed E-state index contributed by atoms with van der Waals surface area (Å²) in [5, 5.41) is 0. The van der Waals surface area contributed by atoms with Gasteiger partial charge in [0.25, 0.3) is 0 Å². The van der Waals surface area contributed by atoms with Crippen molar-refractivity contribution in [2.75, 3.05) is 34.4 Å². The fraction of sp³-hybridized carbons (Fsp3) is 0.562. The second kappa shape index (κ2) is 9.23. The first-order valence-corrected chi connectivity index (χ1v) is 7.27. The molecule has 2 N–H and O–H groups in total. The van der Waals surface area contributed by atoms with Crippen molar-refractivity contribution in [3.63, 3.8) is 0 Å². The molecule has 5 heteroatoms. The Bertz CT molecular complexity index is 449. The van der Waals surface area contributed by atoms with Crippen molar-refractivity contribution in [2.24, 2.45) is 5.73 Å². The monoisotopic (exact) mass is 294 g/mol. The molecule has 5 nitrogen and oxygen atoms in total. The summed E-state index contributed by atoms with van der Waals surface area (Å²) in [6.45, 7) is 1.48. The number of carbonyl (C=O) groups is 1. The molecule has 0 unspecified atom stereocenters. The Hall–Kier alpha value is -1.75. The highest BCUT2D eigenvalue weighted by molar-refractivity contribution is 5.78. The van der Waals surface area contributed by atoms with Crippen LogP contribution in [0.1, 0.15) is 24.8 Å². The zero-order valence-corrected chi connectivity index (χ0v) is 13.2. The van der Waals surface area contributed by atoms with Gasteiger partial charge in [-0.05, 0) is 37.1 Å². The summed E-state index contributed by atoms with van der Waals surface area (Å²) in [6, 6.07) is 5.56. The molecule has 0 saturated carbocycles. The van der Waals surface area contributed by atoms with E-state index >= 15 is 0 Å². The first kappa shape index (κ1) is 17.3. The first-order chi connectivity index (χ1) is 10.1. The van der Waals surface area contributed by atoms with E-state index in [1.165, 1.54) is 0 Å². The van der Waals surface area contributed by atoms with Gasteiger partial charge in [0.2, 0.25) is 5.91 Å². The summed E-state index contributed by atoms with van der Waals surface area (Å²) in [6.07, 6.45) is 3.43. The normalized spacial score (nSPS) is 10.3. The summed E-state index contributed by atoms with van der Waals surface area (Å²) in [7, 11) is 5.02. The van der Waals surface area contributed by atoms with Crippen LogP contribution in [0.5, 0.6) is 11.5 Å². The third-order valence-corrected chi connectivity index (χ3v) is 3.43. The smallest absolute Gasteiger partial charge is 0.226 e. The summed E-state index contributed by atoms with van der Waals surface area (Å²) in [5.41, 5.74) is 6.38. The van der Waals surface area contributed by atoms with Crippen LogP contribution in [0.4, 0.5) is 0 Å². The highest BCUT2D eigenvalue weighted by atomic mass is 16.5. The SMILES string of the molecule is COc1ccc(CC(=O)N(C)CCCCCN)cc1OC. The average Bonchev–Trinajstić information content (AvgIpc) is 2.51. The van der Waals surface area contributed by atoms with Gasteiger partial charge in [-0.3, -0.25) is 4.79 Å². The third-order valence-electron chi connectivity index (χ3n) is 3.43. The van der Waals surface area contributed by atoms with E-state index in [0.29, 0.717) is 24.5 Å². The number of likely N-dealkylation sites (N-methyl/N-ethyl adjacent to an activating group) is 1. The molecule has 0 aliphatic heterocycles. The first-order valence-electron chi connectivity index (χ1n) is 7.27. The number of benzene rings is 1. The topological polar surface area (TPSA) is 64.8 Å². The van der Waals surface area contributed by atoms with Crippen molar-refractivity contribution in [1.82, 2.24) is 4.90 Å². The van der Waals surface area contributed by atoms with Crippen LogP contribution in [0.2, 0.25) is 0 Å². The van der Waals surface area contributed by atoms with Crippen LogP contribution in [-0.2, 0) is 11.2 Å². The Morgan fingerprint density at radius 1 is 1.14 bits per heavy atom. The maximum absolute atomic E-state index is 12.2. The predicted molar refractivity (Wildman–Crippen MR) is 83.8 cm³/mol. The highest BCUT2D eigenvalue weighted by Gasteiger charge is 2.11. The molecule has 1 rings (SSSR count). The van der Waals surface area contributed by atoms with Crippen molar-refractivity contribution >= 4 is 5.91 Å². The van der Waals surface area contributed by atoms with Gasteiger partial charge in [-0.25, -0.2) is 0 Å². The minimum Gasteiger partial charge on any atom is -0.493 e. The van der Waals surface area contributed by atoms with Gasteiger partial charge >= 0.3 is 0 Å². The third kappa shape index (κ3) is 5.63. The predicted octanol–water partition coefficient (Wildman–Crippen LogP) is 1.83. The van der Waals surface area contributed by atoms with E-state index < -0.39 is 0 Å². The second-order valence-corrected chi connectivity index (χ2v) is 5.03. The van der Waals surface area contributed by atoms with Crippen molar-refractivity contribution in [2.45, 2.75) is 25.7 Å². The number of rotatable bonds is 9. The van der Waals surface area contributed by atoms with Crippen molar-refractivity contribution in [3.05, 3.63) is 23.8 Å². The van der Waals surface area contributed by atoms with Gasteiger partial charge in [-0.1, -0.05) is 12.5 Å². The van der Waals surface area contributed by atoms with Crippen molar-refractivity contribution in [3.8, 4) is 11.5 Å². The summed E-state index contributed by atoms with van der Waals surface area (Å²) in [5.74, 6) is 1.42. The van der Waals surface area contributed by atoms with Gasteiger partial charge in [-0.15, -0.1) is 0 Å². The quantitative estimate of drug-likeness (QED) is 0.706. The van der Waals surface area contributed by atoms with Crippen LogP contribution in [0.25, 0.3) is 0 Å². The molecular weight excluding hydrogens is 268 g/mol. The lowest BCUT2D eigenvalue weighted by atomic mass is 10.1. The number of hydrogen-bond acceptors (Lipinski definition) is 4. The van der Waals surface area contributed by atoms with Crippen LogP contribution < -0.4 is 15.2 Å². The van der Waals surface area contributed by atoms with Gasteiger partial charge in [0.15, 0.2) is 11.5 Å².